The number of thiophene rings is 1. The summed E-state index contributed by atoms with van der Waals surface area (Å²) in [5.41, 5.74) is 24.5. The van der Waals surface area contributed by atoms with Crippen molar-refractivity contribution in [3.63, 3.8) is 0 Å². The molecular formula is C103H68N10S. The molecule has 5 aromatic heterocycles. The number of aromatic nitrogens is 8. The van der Waals surface area contributed by atoms with Crippen molar-refractivity contribution in [2.75, 3.05) is 9.80 Å². The third-order valence-electron chi connectivity index (χ3n) is 21.7. The Kier molecular flexibility index (Phi) is 16.9. The van der Waals surface area contributed by atoms with Gasteiger partial charge >= 0.3 is 0 Å². The largest absolute Gasteiger partial charge is 0.310 e. The summed E-state index contributed by atoms with van der Waals surface area (Å²) >= 11 is 1.80. The Labute approximate surface area is 662 Å². The van der Waals surface area contributed by atoms with Crippen molar-refractivity contribution < 1.29 is 0 Å². The first-order valence-corrected chi connectivity index (χ1v) is 39.2. The summed E-state index contributed by atoms with van der Waals surface area (Å²) in [5.74, 6) is 3.95. The van der Waals surface area contributed by atoms with E-state index in [0.717, 1.165) is 95.5 Å². The first-order valence-electron chi connectivity index (χ1n) is 38.4. The van der Waals surface area contributed by atoms with Crippen LogP contribution in [0, 0.1) is 0 Å². The molecular weight excluding hydrogens is 1410 g/mol. The van der Waals surface area contributed by atoms with Crippen molar-refractivity contribution in [1.29, 1.82) is 0 Å². The van der Waals surface area contributed by atoms with Crippen LogP contribution in [-0.4, -0.2) is 39.0 Å². The van der Waals surface area contributed by atoms with Crippen LogP contribution in [0.15, 0.2) is 400 Å². The van der Waals surface area contributed by atoms with E-state index in [1.807, 2.05) is 97.1 Å². The van der Waals surface area contributed by atoms with Crippen molar-refractivity contribution in [1.82, 2.24) is 39.0 Å². The number of nitrogens with zero attached hydrogens (tertiary/aromatic N) is 10. The highest BCUT2D eigenvalue weighted by molar-refractivity contribution is 7.26. The van der Waals surface area contributed by atoms with Gasteiger partial charge in [-0.2, -0.15) is 0 Å². The van der Waals surface area contributed by atoms with Gasteiger partial charge in [-0.1, -0.05) is 273 Å². The van der Waals surface area contributed by atoms with Gasteiger partial charge in [-0.15, -0.1) is 11.3 Å². The van der Waals surface area contributed by atoms with Crippen LogP contribution in [0.4, 0.5) is 34.1 Å². The molecule has 0 atom stereocenters. The Morgan fingerprint density at radius 2 is 0.570 bits per heavy atom. The van der Waals surface area contributed by atoms with Crippen molar-refractivity contribution in [3.8, 4) is 90.8 Å². The Morgan fingerprint density at radius 3 is 1.04 bits per heavy atom. The highest BCUT2D eigenvalue weighted by atomic mass is 32.1. The monoisotopic (exact) mass is 1480 g/mol. The lowest BCUT2D eigenvalue weighted by Gasteiger charge is -2.25. The second kappa shape index (κ2) is 28.8. The van der Waals surface area contributed by atoms with Gasteiger partial charge in [-0.25, -0.2) is 29.9 Å². The molecule has 11 heteroatoms. The average Bonchev–Trinajstić information content (AvgIpc) is 1.57. The molecule has 0 radical (unpaired) electrons. The molecule has 1 aliphatic rings. The van der Waals surface area contributed by atoms with E-state index in [0.29, 0.717) is 34.9 Å². The second-order valence-corrected chi connectivity index (χ2v) is 29.5. The summed E-state index contributed by atoms with van der Waals surface area (Å²) in [6, 6.07) is 141. The summed E-state index contributed by atoms with van der Waals surface area (Å²) in [7, 11) is 0. The van der Waals surface area contributed by atoms with Gasteiger partial charge in [0.2, 0.25) is 0 Å². The second-order valence-electron chi connectivity index (χ2n) is 28.5. The van der Waals surface area contributed by atoms with E-state index < -0.39 is 0 Å². The van der Waals surface area contributed by atoms with Crippen molar-refractivity contribution in [3.05, 3.63) is 412 Å². The lowest BCUT2D eigenvalue weighted by molar-refractivity contribution is 1.07. The summed E-state index contributed by atoms with van der Waals surface area (Å²) in [4.78, 5) is 34.8. The molecule has 0 spiro atoms. The summed E-state index contributed by atoms with van der Waals surface area (Å²) in [5, 5.41) is 7.23. The molecule has 536 valence electrons. The van der Waals surface area contributed by atoms with E-state index in [9.17, 15) is 0 Å². The van der Waals surface area contributed by atoms with Crippen LogP contribution in [0.5, 0.6) is 0 Å². The van der Waals surface area contributed by atoms with Gasteiger partial charge in [-0.05, 0) is 156 Å². The molecule has 0 saturated carbocycles. The van der Waals surface area contributed by atoms with Crippen LogP contribution < -0.4 is 9.80 Å². The van der Waals surface area contributed by atoms with E-state index in [1.165, 1.54) is 75.8 Å². The zero-order valence-corrected chi connectivity index (χ0v) is 62.5. The number of benzene rings is 16. The summed E-state index contributed by atoms with van der Waals surface area (Å²) < 4.78 is 7.21. The topological polar surface area (TPSA) is 93.7 Å². The molecule has 114 heavy (non-hydrogen) atoms. The minimum Gasteiger partial charge on any atom is -0.310 e. The van der Waals surface area contributed by atoms with Gasteiger partial charge in [0.1, 0.15) is 0 Å². The smallest absolute Gasteiger partial charge is 0.165 e. The Bertz CT molecular complexity index is 6990. The molecule has 0 bridgehead atoms. The maximum Gasteiger partial charge on any atom is 0.165 e. The van der Waals surface area contributed by atoms with E-state index in [2.05, 4.69) is 322 Å². The molecule has 0 fully saturated rings. The van der Waals surface area contributed by atoms with Crippen LogP contribution in [0.25, 0.3) is 155 Å². The van der Waals surface area contributed by atoms with Crippen molar-refractivity contribution >= 4 is 109 Å². The fourth-order valence-electron chi connectivity index (χ4n) is 16.4. The van der Waals surface area contributed by atoms with Gasteiger partial charge < -0.3 is 18.9 Å². The van der Waals surface area contributed by atoms with Crippen LogP contribution in [-0.2, 0) is 6.42 Å². The molecule has 21 aromatic rings. The normalized spacial score (nSPS) is 11.6. The van der Waals surface area contributed by atoms with Crippen LogP contribution >= 0.6 is 11.3 Å². The van der Waals surface area contributed by atoms with Crippen LogP contribution in [0.1, 0.15) is 11.1 Å². The first-order chi connectivity index (χ1) is 56.5. The molecule has 0 saturated heterocycles. The lowest BCUT2D eigenvalue weighted by atomic mass is 10.0. The molecule has 5 heterocycles. The lowest BCUT2D eigenvalue weighted by Crippen LogP contribution is -2.09. The summed E-state index contributed by atoms with van der Waals surface area (Å²) in [6.45, 7) is 0. The fourth-order valence-corrected chi connectivity index (χ4v) is 17.7. The molecule has 0 amide bonds. The predicted octanol–water partition coefficient (Wildman–Crippen LogP) is 26.8. The zero-order chi connectivity index (χ0) is 75.4. The number of rotatable bonds is 14. The predicted molar refractivity (Wildman–Crippen MR) is 471 cm³/mol. The molecule has 10 nitrogen and oxygen atoms in total. The van der Waals surface area contributed by atoms with Gasteiger partial charge in [0.05, 0.1) is 32.5 Å². The minimum absolute atomic E-state index is 0.654. The van der Waals surface area contributed by atoms with Gasteiger partial charge in [0.15, 0.2) is 34.9 Å². The standard InChI is InChI=1S/C52H35N5.C51H33N5S/c1-5-15-35(16-6-1)50-53-51(36-17-7-2-8-18-36)55-52(54-50)39-26-25-37-31-38-27-28-43(33-46(38)45(37)32-39)57-48-24-14-13-23-44(48)47-34-42(29-30-49(47)57)56(40-19-9-3-10-20-40)41-21-11-4-12-22-41;1-5-17-34(18-6-1)49-52-50(35-19-7-2-8-20-35)54-51(53-49)42-28-15-26-40-41-27-16-30-46(48(41)57-47(40)42)56-44-29-14-13-25-39(44)43-33-38(31-32-45(43)56)55(36-21-9-3-10-22-36)37-23-11-4-12-24-37/h1-30,32-34H,31H2;1-33H. The maximum atomic E-state index is 5.12. The van der Waals surface area contributed by atoms with Crippen LogP contribution in [0.3, 0.4) is 0 Å². The summed E-state index contributed by atoms with van der Waals surface area (Å²) in [6.07, 6.45) is 0.887. The van der Waals surface area contributed by atoms with Gasteiger partial charge in [0, 0.05) is 110 Å². The molecule has 0 unspecified atom stereocenters. The Hall–Kier alpha value is -15.0. The maximum absolute atomic E-state index is 5.12. The van der Waals surface area contributed by atoms with E-state index >= 15 is 0 Å². The average molecular weight is 1480 g/mol. The van der Waals surface area contributed by atoms with Gasteiger partial charge in [-0.3, -0.25) is 0 Å². The molecule has 22 rings (SSSR count). The zero-order valence-electron chi connectivity index (χ0n) is 61.7. The number of para-hydroxylation sites is 6. The fraction of sp³-hybridized carbons (Fsp3) is 0.00971. The molecule has 0 N–H and O–H groups in total. The molecule has 1 aliphatic carbocycles. The van der Waals surface area contributed by atoms with E-state index in [4.69, 9.17) is 29.9 Å². The van der Waals surface area contributed by atoms with Gasteiger partial charge in [0.25, 0.3) is 0 Å². The highest BCUT2D eigenvalue weighted by Gasteiger charge is 2.26. The van der Waals surface area contributed by atoms with Crippen molar-refractivity contribution in [2.45, 2.75) is 6.42 Å². The Balaban J connectivity index is 0.000000143. The Morgan fingerprint density at radius 1 is 0.219 bits per heavy atom. The SMILES string of the molecule is c1ccc(-c2nc(-c3ccccc3)nc(-c3ccc4c(c3)-c3cc(-n5c6ccccc6c6cc(N(c7ccccc7)c7ccccc7)ccc65)ccc3C4)n2)cc1.c1ccc(-c2nc(-c3ccccc3)nc(-c3cccc4c3sc3c(-n5c6ccccc6c6cc(N(c7ccccc7)c7ccccc7)ccc65)cccc34)n2)cc1. The third kappa shape index (κ3) is 12.2. The van der Waals surface area contributed by atoms with E-state index in [-0.39, 0.29) is 0 Å². The van der Waals surface area contributed by atoms with E-state index in [1.54, 1.807) is 11.3 Å². The minimum atomic E-state index is 0.654. The van der Waals surface area contributed by atoms with Crippen molar-refractivity contribution in [2.24, 2.45) is 0 Å². The highest BCUT2D eigenvalue weighted by Crippen LogP contribution is 2.48. The number of hydrogen-bond donors (Lipinski definition) is 0. The molecule has 0 aliphatic heterocycles. The first kappa shape index (κ1) is 67.1. The number of fused-ring (bicyclic) bond motifs is 12. The number of hydrogen-bond acceptors (Lipinski definition) is 9. The van der Waals surface area contributed by atoms with Crippen LogP contribution in [0.2, 0.25) is 0 Å². The molecule has 16 aromatic carbocycles. The third-order valence-corrected chi connectivity index (χ3v) is 22.9. The quantitative estimate of drug-likeness (QED) is 0.106. The number of anilines is 6.